The second-order valence-corrected chi connectivity index (χ2v) is 8.42. The third-order valence-corrected chi connectivity index (χ3v) is 5.88. The number of ether oxygens (including phenoxy) is 1. The fourth-order valence-electron chi connectivity index (χ4n) is 3.39. The van der Waals surface area contributed by atoms with E-state index < -0.39 is 5.82 Å². The average molecular weight is 442 g/mol. The standard InChI is InChI=1S/C23H24FN3O3S/c1-4-29-17-10-5-8-15-14-18(30-21(15)17)22(28)27(13-7-12-26(2)3)23-25-20-16(24)9-6-11-19(20)31-23/h5-6,8-11,14H,4,7,12-13H2,1-3H3. The molecule has 0 fully saturated rings. The number of nitrogens with zero attached hydrogens (tertiary/aromatic N) is 3. The molecule has 0 spiro atoms. The Balaban J connectivity index is 1.72. The number of rotatable bonds is 8. The van der Waals surface area contributed by atoms with Gasteiger partial charge in [0.15, 0.2) is 22.2 Å². The summed E-state index contributed by atoms with van der Waals surface area (Å²) in [5, 5.41) is 1.24. The largest absolute Gasteiger partial charge is 0.490 e. The molecule has 2 aromatic carbocycles. The number of halogens is 1. The normalized spacial score (nSPS) is 11.5. The highest BCUT2D eigenvalue weighted by molar-refractivity contribution is 7.22. The second kappa shape index (κ2) is 9.03. The van der Waals surface area contributed by atoms with Crippen molar-refractivity contribution >= 4 is 43.6 Å². The highest BCUT2D eigenvalue weighted by atomic mass is 32.1. The van der Waals surface area contributed by atoms with Crippen LogP contribution in [-0.4, -0.2) is 49.6 Å². The number of para-hydroxylation sites is 2. The summed E-state index contributed by atoms with van der Waals surface area (Å²) in [4.78, 5) is 21.5. The van der Waals surface area contributed by atoms with E-state index in [1.165, 1.54) is 17.4 Å². The molecule has 0 saturated heterocycles. The lowest BCUT2D eigenvalue weighted by atomic mass is 10.2. The van der Waals surface area contributed by atoms with Crippen LogP contribution in [0.4, 0.5) is 9.52 Å². The van der Waals surface area contributed by atoms with E-state index in [4.69, 9.17) is 9.15 Å². The van der Waals surface area contributed by atoms with Gasteiger partial charge < -0.3 is 14.1 Å². The number of amides is 1. The Kier molecular flexibility index (Phi) is 6.20. The van der Waals surface area contributed by atoms with Gasteiger partial charge in [-0.2, -0.15) is 0 Å². The topological polar surface area (TPSA) is 58.8 Å². The third kappa shape index (κ3) is 4.40. The second-order valence-electron chi connectivity index (χ2n) is 7.41. The molecule has 162 valence electrons. The molecule has 31 heavy (non-hydrogen) atoms. The highest BCUT2D eigenvalue weighted by Crippen LogP contribution is 2.33. The Morgan fingerprint density at radius 1 is 1.19 bits per heavy atom. The van der Waals surface area contributed by atoms with E-state index >= 15 is 0 Å². The summed E-state index contributed by atoms with van der Waals surface area (Å²) < 4.78 is 26.4. The van der Waals surface area contributed by atoms with Crippen LogP contribution in [0.25, 0.3) is 21.2 Å². The minimum Gasteiger partial charge on any atom is -0.490 e. The van der Waals surface area contributed by atoms with Crippen LogP contribution in [0.3, 0.4) is 0 Å². The minimum atomic E-state index is -0.397. The molecule has 0 aliphatic carbocycles. The molecule has 0 aliphatic rings. The Hall–Kier alpha value is -2.97. The number of carbonyl (C=O) groups is 1. The monoisotopic (exact) mass is 441 g/mol. The lowest BCUT2D eigenvalue weighted by molar-refractivity contribution is 0.0961. The molecular weight excluding hydrogens is 417 g/mol. The fourth-order valence-corrected chi connectivity index (χ4v) is 4.40. The summed E-state index contributed by atoms with van der Waals surface area (Å²) in [6.07, 6.45) is 0.738. The molecule has 0 aliphatic heterocycles. The maximum absolute atomic E-state index is 14.2. The van der Waals surface area contributed by atoms with Crippen molar-refractivity contribution in [2.75, 3.05) is 38.7 Å². The van der Waals surface area contributed by atoms with Crippen molar-refractivity contribution in [3.63, 3.8) is 0 Å². The van der Waals surface area contributed by atoms with Gasteiger partial charge in [0.2, 0.25) is 0 Å². The quantitative estimate of drug-likeness (QED) is 0.377. The van der Waals surface area contributed by atoms with Crippen molar-refractivity contribution in [2.45, 2.75) is 13.3 Å². The Bertz CT molecular complexity index is 1220. The van der Waals surface area contributed by atoms with Crippen LogP contribution < -0.4 is 9.64 Å². The predicted octanol–water partition coefficient (Wildman–Crippen LogP) is 5.18. The van der Waals surface area contributed by atoms with E-state index in [0.717, 1.165) is 18.4 Å². The van der Waals surface area contributed by atoms with Gasteiger partial charge in [-0.3, -0.25) is 9.69 Å². The van der Waals surface area contributed by atoms with Gasteiger partial charge in [0.1, 0.15) is 11.3 Å². The summed E-state index contributed by atoms with van der Waals surface area (Å²) in [6, 6.07) is 12.1. The van der Waals surface area contributed by atoms with Crippen molar-refractivity contribution in [1.82, 2.24) is 9.88 Å². The number of aromatic nitrogens is 1. The third-order valence-electron chi connectivity index (χ3n) is 4.84. The Labute approximate surface area is 183 Å². The van der Waals surface area contributed by atoms with E-state index in [1.807, 2.05) is 39.2 Å². The van der Waals surface area contributed by atoms with Gasteiger partial charge in [-0.25, -0.2) is 9.37 Å². The molecule has 6 nitrogen and oxygen atoms in total. The average Bonchev–Trinajstić information content (AvgIpc) is 3.36. The van der Waals surface area contributed by atoms with Gasteiger partial charge in [-0.15, -0.1) is 0 Å². The van der Waals surface area contributed by atoms with Crippen LogP contribution in [0.1, 0.15) is 23.9 Å². The molecule has 0 radical (unpaired) electrons. The number of anilines is 1. The van der Waals surface area contributed by atoms with Crippen molar-refractivity contribution in [2.24, 2.45) is 0 Å². The van der Waals surface area contributed by atoms with Crippen molar-refractivity contribution in [1.29, 1.82) is 0 Å². The molecule has 0 saturated carbocycles. The summed E-state index contributed by atoms with van der Waals surface area (Å²) >= 11 is 1.29. The van der Waals surface area contributed by atoms with Crippen LogP contribution in [-0.2, 0) is 0 Å². The van der Waals surface area contributed by atoms with Crippen LogP contribution in [0.5, 0.6) is 5.75 Å². The van der Waals surface area contributed by atoms with Gasteiger partial charge in [-0.05, 0) is 58.3 Å². The maximum Gasteiger partial charge on any atom is 0.295 e. The Morgan fingerprint density at radius 2 is 2.00 bits per heavy atom. The number of thiazole rings is 1. The zero-order valence-corrected chi connectivity index (χ0v) is 18.5. The fraction of sp³-hybridized carbons (Fsp3) is 0.304. The van der Waals surface area contributed by atoms with Gasteiger partial charge >= 0.3 is 0 Å². The number of benzene rings is 2. The first kappa shape index (κ1) is 21.3. The maximum atomic E-state index is 14.2. The summed E-state index contributed by atoms with van der Waals surface area (Å²) in [7, 11) is 3.96. The number of hydrogen-bond acceptors (Lipinski definition) is 6. The first-order chi connectivity index (χ1) is 15.0. The van der Waals surface area contributed by atoms with Gasteiger partial charge in [-0.1, -0.05) is 29.5 Å². The zero-order chi connectivity index (χ0) is 22.0. The SMILES string of the molecule is CCOc1cccc2cc(C(=O)N(CCCN(C)C)c3nc4c(F)cccc4s3)oc12. The lowest BCUT2D eigenvalue weighted by Gasteiger charge is -2.19. The molecule has 2 heterocycles. The number of hydrogen-bond donors (Lipinski definition) is 0. The number of carbonyl (C=O) groups excluding carboxylic acids is 1. The lowest BCUT2D eigenvalue weighted by Crippen LogP contribution is -2.33. The molecule has 0 atom stereocenters. The van der Waals surface area contributed by atoms with Crippen LogP contribution >= 0.6 is 11.3 Å². The molecule has 0 bridgehead atoms. The van der Waals surface area contributed by atoms with E-state index in [1.54, 1.807) is 23.1 Å². The van der Waals surface area contributed by atoms with Gasteiger partial charge in [0.05, 0.1) is 11.3 Å². The van der Waals surface area contributed by atoms with Crippen molar-refractivity contribution < 1.29 is 18.3 Å². The van der Waals surface area contributed by atoms with Crippen LogP contribution in [0.15, 0.2) is 46.9 Å². The molecular formula is C23H24FN3O3S. The van der Waals surface area contributed by atoms with Crippen molar-refractivity contribution in [3.05, 3.63) is 54.0 Å². The first-order valence-electron chi connectivity index (χ1n) is 10.1. The van der Waals surface area contributed by atoms with Gasteiger partial charge in [0, 0.05) is 11.9 Å². The van der Waals surface area contributed by atoms with Crippen LogP contribution in [0.2, 0.25) is 0 Å². The highest BCUT2D eigenvalue weighted by Gasteiger charge is 2.25. The molecule has 8 heteroatoms. The summed E-state index contributed by atoms with van der Waals surface area (Å²) in [5.41, 5.74) is 0.812. The zero-order valence-electron chi connectivity index (χ0n) is 17.7. The molecule has 4 aromatic rings. The van der Waals surface area contributed by atoms with E-state index in [0.29, 0.717) is 34.3 Å². The molecule has 4 rings (SSSR count). The Morgan fingerprint density at radius 3 is 2.74 bits per heavy atom. The minimum absolute atomic E-state index is 0.201. The smallest absolute Gasteiger partial charge is 0.295 e. The number of furan rings is 1. The summed E-state index contributed by atoms with van der Waals surface area (Å²) in [5.74, 6) is 0.0923. The van der Waals surface area contributed by atoms with Crippen molar-refractivity contribution in [3.8, 4) is 5.75 Å². The van der Waals surface area contributed by atoms with Crippen LogP contribution in [0, 0.1) is 5.82 Å². The predicted molar refractivity (Wildman–Crippen MR) is 122 cm³/mol. The number of fused-ring (bicyclic) bond motifs is 2. The first-order valence-corrected chi connectivity index (χ1v) is 11.0. The molecule has 0 N–H and O–H groups in total. The molecule has 1 amide bonds. The summed E-state index contributed by atoms with van der Waals surface area (Å²) in [6.45, 7) is 3.63. The molecule has 0 unspecified atom stereocenters. The van der Waals surface area contributed by atoms with Gasteiger partial charge in [0.25, 0.3) is 5.91 Å². The van der Waals surface area contributed by atoms with E-state index in [9.17, 15) is 9.18 Å². The molecule has 2 aromatic heterocycles. The van der Waals surface area contributed by atoms with E-state index in [-0.39, 0.29) is 17.2 Å². The van der Waals surface area contributed by atoms with E-state index in [2.05, 4.69) is 9.88 Å².